The molecule has 0 aromatic heterocycles. The predicted molar refractivity (Wildman–Crippen MR) is 98.5 cm³/mol. The smallest absolute Gasteiger partial charge is 0.257 e. The number of hydrogen-bond donors (Lipinski definition) is 2. The van der Waals surface area contributed by atoms with Gasteiger partial charge >= 0.3 is 0 Å². The van der Waals surface area contributed by atoms with E-state index in [0.29, 0.717) is 25.9 Å². The van der Waals surface area contributed by atoms with Crippen molar-refractivity contribution < 1.29 is 18.3 Å². The van der Waals surface area contributed by atoms with E-state index in [9.17, 15) is 18.3 Å². The van der Waals surface area contributed by atoms with Crippen molar-refractivity contribution in [2.45, 2.75) is 30.7 Å². The van der Waals surface area contributed by atoms with E-state index in [1.807, 2.05) is 6.92 Å². The number of aryl methyl sites for hydroxylation is 1. The molecule has 2 aromatic rings. The number of carbonyl (C=O) groups is 1. The largest absolute Gasteiger partial charge is 0.507 e. The first-order valence-corrected chi connectivity index (χ1v) is 10.0. The third-order valence-corrected chi connectivity index (χ3v) is 6.11. The van der Waals surface area contributed by atoms with Gasteiger partial charge in [0.15, 0.2) is 0 Å². The number of hydrogen-bond acceptors (Lipinski definition) is 4. The van der Waals surface area contributed by atoms with Crippen LogP contribution < -0.4 is 4.72 Å². The highest BCUT2D eigenvalue weighted by Gasteiger charge is 2.28. The van der Waals surface area contributed by atoms with Gasteiger partial charge in [0.05, 0.1) is 10.5 Å². The highest BCUT2D eigenvalue weighted by Crippen LogP contribution is 2.21. The Bertz CT molecular complexity index is 886. The molecule has 1 heterocycles. The van der Waals surface area contributed by atoms with Gasteiger partial charge in [0.25, 0.3) is 5.91 Å². The normalized spacial score (nSPS) is 15.8. The molecule has 0 atom stereocenters. The zero-order valence-corrected chi connectivity index (χ0v) is 15.4. The topological polar surface area (TPSA) is 86.7 Å². The summed E-state index contributed by atoms with van der Waals surface area (Å²) in [5.74, 6) is -0.275. The van der Waals surface area contributed by atoms with Gasteiger partial charge in [-0.1, -0.05) is 29.8 Å². The minimum Gasteiger partial charge on any atom is -0.507 e. The fourth-order valence-electron chi connectivity index (χ4n) is 3.03. The summed E-state index contributed by atoms with van der Waals surface area (Å²) >= 11 is 0. The van der Waals surface area contributed by atoms with Crippen LogP contribution in [-0.4, -0.2) is 43.5 Å². The SMILES string of the molecule is Cc1ccc(S(=O)(=O)NC2CCN(C(=O)c3ccccc3O)CC2)cc1. The quantitative estimate of drug-likeness (QED) is 0.860. The maximum atomic E-state index is 12.5. The van der Waals surface area contributed by atoms with Crippen molar-refractivity contribution in [2.24, 2.45) is 0 Å². The van der Waals surface area contributed by atoms with Crippen molar-refractivity contribution in [2.75, 3.05) is 13.1 Å². The van der Waals surface area contributed by atoms with E-state index in [0.717, 1.165) is 5.56 Å². The molecule has 1 fully saturated rings. The Morgan fingerprint density at radius 3 is 2.31 bits per heavy atom. The van der Waals surface area contributed by atoms with Crippen LogP contribution in [0.3, 0.4) is 0 Å². The molecule has 3 rings (SSSR count). The number of aromatic hydroxyl groups is 1. The monoisotopic (exact) mass is 374 g/mol. The number of rotatable bonds is 4. The lowest BCUT2D eigenvalue weighted by molar-refractivity contribution is 0.0708. The zero-order valence-electron chi connectivity index (χ0n) is 14.6. The Morgan fingerprint density at radius 1 is 1.08 bits per heavy atom. The van der Waals surface area contributed by atoms with Gasteiger partial charge < -0.3 is 10.0 Å². The molecule has 6 nitrogen and oxygen atoms in total. The number of piperidine rings is 1. The van der Waals surface area contributed by atoms with Gasteiger partial charge in [0.2, 0.25) is 10.0 Å². The first kappa shape index (κ1) is 18.4. The summed E-state index contributed by atoms with van der Waals surface area (Å²) in [6.45, 7) is 2.78. The van der Waals surface area contributed by atoms with Crippen LogP contribution >= 0.6 is 0 Å². The highest BCUT2D eigenvalue weighted by molar-refractivity contribution is 7.89. The number of sulfonamides is 1. The van der Waals surface area contributed by atoms with Crippen LogP contribution in [0, 0.1) is 6.92 Å². The van der Waals surface area contributed by atoms with E-state index in [1.165, 1.54) is 6.07 Å². The Balaban J connectivity index is 1.61. The molecule has 1 aliphatic rings. The number of carbonyl (C=O) groups excluding carboxylic acids is 1. The fourth-order valence-corrected chi connectivity index (χ4v) is 4.34. The van der Waals surface area contributed by atoms with Gasteiger partial charge in [-0.05, 0) is 44.0 Å². The number of benzene rings is 2. The minimum absolute atomic E-state index is 0.0419. The number of phenolic OH excluding ortho intramolecular Hbond substituents is 1. The van der Waals surface area contributed by atoms with E-state index in [2.05, 4.69) is 4.72 Å². The Morgan fingerprint density at radius 2 is 1.69 bits per heavy atom. The number of para-hydroxylation sites is 1. The van der Waals surface area contributed by atoms with Gasteiger partial charge in [-0.3, -0.25) is 4.79 Å². The number of phenols is 1. The van der Waals surface area contributed by atoms with Crippen LogP contribution in [0.1, 0.15) is 28.8 Å². The molecule has 0 saturated carbocycles. The predicted octanol–water partition coefficient (Wildman–Crippen LogP) is 2.28. The molecule has 7 heteroatoms. The first-order chi connectivity index (χ1) is 12.4. The van der Waals surface area contributed by atoms with Crippen molar-refractivity contribution in [1.82, 2.24) is 9.62 Å². The van der Waals surface area contributed by atoms with Gasteiger partial charge in [-0.2, -0.15) is 0 Å². The van der Waals surface area contributed by atoms with E-state index in [4.69, 9.17) is 0 Å². The van der Waals surface area contributed by atoms with Crippen LogP contribution in [0.5, 0.6) is 5.75 Å². The summed E-state index contributed by atoms with van der Waals surface area (Å²) in [6.07, 6.45) is 1.06. The third kappa shape index (κ3) is 4.05. The number of nitrogens with zero attached hydrogens (tertiary/aromatic N) is 1. The van der Waals surface area contributed by atoms with E-state index < -0.39 is 10.0 Å². The maximum Gasteiger partial charge on any atom is 0.257 e. The molecule has 0 unspecified atom stereocenters. The fraction of sp³-hybridized carbons (Fsp3) is 0.316. The summed E-state index contributed by atoms with van der Waals surface area (Å²) in [7, 11) is -3.57. The maximum absolute atomic E-state index is 12.5. The molecule has 2 aromatic carbocycles. The van der Waals surface area contributed by atoms with Crippen molar-refractivity contribution in [3.05, 3.63) is 59.7 Å². The summed E-state index contributed by atoms with van der Waals surface area (Å²) < 4.78 is 27.7. The lowest BCUT2D eigenvalue weighted by atomic mass is 10.0. The molecule has 1 aliphatic heterocycles. The van der Waals surface area contributed by atoms with Gasteiger partial charge in [-0.25, -0.2) is 13.1 Å². The second kappa shape index (κ2) is 7.47. The summed E-state index contributed by atoms with van der Waals surface area (Å²) in [5.41, 5.74) is 1.27. The zero-order chi connectivity index (χ0) is 18.7. The standard InChI is InChI=1S/C19H22N2O4S/c1-14-6-8-16(9-7-14)26(24,25)20-15-10-12-21(13-11-15)19(23)17-4-2-3-5-18(17)22/h2-9,15,20,22H,10-13H2,1H3. The number of likely N-dealkylation sites (tertiary alicyclic amines) is 1. The van der Waals surface area contributed by atoms with E-state index >= 15 is 0 Å². The van der Waals surface area contributed by atoms with Crippen LogP contribution in [0.2, 0.25) is 0 Å². The Labute approximate surface area is 153 Å². The van der Waals surface area contributed by atoms with E-state index in [-0.39, 0.29) is 28.2 Å². The second-order valence-electron chi connectivity index (χ2n) is 6.52. The molecular formula is C19H22N2O4S. The third-order valence-electron chi connectivity index (χ3n) is 4.57. The molecule has 2 N–H and O–H groups in total. The van der Waals surface area contributed by atoms with Gasteiger partial charge in [0, 0.05) is 19.1 Å². The molecular weight excluding hydrogens is 352 g/mol. The molecule has 1 saturated heterocycles. The Kier molecular flexibility index (Phi) is 5.29. The number of nitrogens with one attached hydrogen (secondary N) is 1. The van der Waals surface area contributed by atoms with Crippen LogP contribution in [0.15, 0.2) is 53.4 Å². The second-order valence-corrected chi connectivity index (χ2v) is 8.23. The van der Waals surface area contributed by atoms with Gasteiger partial charge in [0.1, 0.15) is 5.75 Å². The van der Waals surface area contributed by atoms with Crippen molar-refractivity contribution in [1.29, 1.82) is 0 Å². The molecule has 0 radical (unpaired) electrons. The van der Waals surface area contributed by atoms with Gasteiger partial charge in [-0.15, -0.1) is 0 Å². The van der Waals surface area contributed by atoms with Crippen molar-refractivity contribution in [3.8, 4) is 5.75 Å². The van der Waals surface area contributed by atoms with Crippen molar-refractivity contribution >= 4 is 15.9 Å². The lowest BCUT2D eigenvalue weighted by Crippen LogP contribution is -2.46. The van der Waals surface area contributed by atoms with Crippen molar-refractivity contribution in [3.63, 3.8) is 0 Å². The average Bonchev–Trinajstić information content (AvgIpc) is 2.62. The summed E-state index contributed by atoms with van der Waals surface area (Å²) in [4.78, 5) is 14.4. The van der Waals surface area contributed by atoms with Crippen LogP contribution in [0.4, 0.5) is 0 Å². The van der Waals surface area contributed by atoms with Crippen LogP contribution in [0.25, 0.3) is 0 Å². The summed E-state index contributed by atoms with van der Waals surface area (Å²) in [6, 6.07) is 12.9. The molecule has 138 valence electrons. The van der Waals surface area contributed by atoms with E-state index in [1.54, 1.807) is 47.4 Å². The number of amides is 1. The average molecular weight is 374 g/mol. The summed E-state index contributed by atoms with van der Waals surface area (Å²) in [5, 5.41) is 9.82. The first-order valence-electron chi connectivity index (χ1n) is 8.53. The lowest BCUT2D eigenvalue weighted by Gasteiger charge is -2.32. The highest BCUT2D eigenvalue weighted by atomic mass is 32.2. The van der Waals surface area contributed by atoms with Crippen LogP contribution in [-0.2, 0) is 10.0 Å². The molecule has 0 aliphatic carbocycles. The minimum atomic E-state index is -3.57. The molecule has 0 bridgehead atoms. The Hall–Kier alpha value is -2.38. The molecule has 0 spiro atoms. The molecule has 26 heavy (non-hydrogen) atoms. The molecule has 1 amide bonds.